The molecule has 26 heavy (non-hydrogen) atoms. The second-order valence-corrected chi connectivity index (χ2v) is 7.75. The van der Waals surface area contributed by atoms with E-state index in [9.17, 15) is 13.2 Å². The van der Waals surface area contributed by atoms with Gasteiger partial charge in [0.15, 0.2) is 0 Å². The summed E-state index contributed by atoms with van der Waals surface area (Å²) in [5.41, 5.74) is 3.06. The number of rotatable bonds is 6. The second kappa shape index (κ2) is 7.78. The number of sulfonamides is 1. The van der Waals surface area contributed by atoms with Crippen LogP contribution >= 0.6 is 0 Å². The zero-order chi connectivity index (χ0) is 18.6. The predicted molar refractivity (Wildman–Crippen MR) is 101 cm³/mol. The Hall–Kier alpha value is -2.54. The van der Waals surface area contributed by atoms with E-state index in [0.717, 1.165) is 30.6 Å². The average Bonchev–Trinajstić information content (AvgIpc) is 2.62. The Bertz CT molecular complexity index is 910. The highest BCUT2D eigenvalue weighted by atomic mass is 32.2. The molecule has 138 valence electrons. The van der Waals surface area contributed by atoms with Crippen molar-refractivity contribution in [2.75, 3.05) is 23.2 Å². The van der Waals surface area contributed by atoms with Crippen molar-refractivity contribution in [1.29, 1.82) is 0 Å². The summed E-state index contributed by atoms with van der Waals surface area (Å²) in [6.07, 6.45) is 1.85. The van der Waals surface area contributed by atoms with Gasteiger partial charge in [0.25, 0.3) is 10.0 Å². The molecule has 1 heterocycles. The monoisotopic (exact) mass is 374 g/mol. The summed E-state index contributed by atoms with van der Waals surface area (Å²) < 4.78 is 33.3. The maximum atomic E-state index is 12.9. The van der Waals surface area contributed by atoms with Gasteiger partial charge in [0.2, 0.25) is 0 Å². The van der Waals surface area contributed by atoms with Crippen LogP contribution in [0.4, 0.5) is 11.4 Å². The summed E-state index contributed by atoms with van der Waals surface area (Å²) in [5.74, 6) is -0.449. The van der Waals surface area contributed by atoms with Gasteiger partial charge in [-0.15, -0.1) is 0 Å². The van der Waals surface area contributed by atoms with Gasteiger partial charge >= 0.3 is 5.97 Å². The predicted octanol–water partition coefficient (Wildman–Crippen LogP) is 2.95. The molecule has 0 amide bonds. The van der Waals surface area contributed by atoms with Crippen LogP contribution in [0, 0.1) is 0 Å². The number of aryl methyl sites for hydroxylation is 1. The summed E-state index contributed by atoms with van der Waals surface area (Å²) in [6.45, 7) is 2.90. The molecule has 2 aromatic carbocycles. The second-order valence-electron chi connectivity index (χ2n) is 6.10. The lowest BCUT2D eigenvalue weighted by molar-refractivity contribution is -0.142. The van der Waals surface area contributed by atoms with Gasteiger partial charge in [-0.25, -0.2) is 8.42 Å². The topological polar surface area (TPSA) is 84.5 Å². The minimum Gasteiger partial charge on any atom is -0.466 e. The first-order chi connectivity index (χ1) is 12.5. The highest BCUT2D eigenvalue weighted by molar-refractivity contribution is 7.92. The van der Waals surface area contributed by atoms with Crippen LogP contribution in [0.3, 0.4) is 0 Å². The number of carbonyl (C=O) groups excluding carboxylic acids is 1. The van der Waals surface area contributed by atoms with E-state index in [1.165, 1.54) is 6.07 Å². The minimum absolute atomic E-state index is 0.0843. The molecule has 7 heteroatoms. The van der Waals surface area contributed by atoms with Gasteiger partial charge in [0, 0.05) is 17.9 Å². The minimum atomic E-state index is -3.81. The highest BCUT2D eigenvalue weighted by Gasteiger charge is 2.21. The molecule has 0 bridgehead atoms. The summed E-state index contributed by atoms with van der Waals surface area (Å²) in [5, 5.41) is 3.30. The van der Waals surface area contributed by atoms with Crippen molar-refractivity contribution in [3.05, 3.63) is 53.6 Å². The first-order valence-electron chi connectivity index (χ1n) is 8.63. The van der Waals surface area contributed by atoms with Gasteiger partial charge < -0.3 is 10.1 Å². The lowest BCUT2D eigenvalue weighted by Crippen LogP contribution is -2.18. The lowest BCUT2D eigenvalue weighted by atomic mass is 10.0. The molecule has 2 aromatic rings. The zero-order valence-corrected chi connectivity index (χ0v) is 15.4. The summed E-state index contributed by atoms with van der Waals surface area (Å²) >= 11 is 0. The number of ether oxygens (including phenoxy) is 1. The largest absolute Gasteiger partial charge is 0.466 e. The van der Waals surface area contributed by atoms with Crippen LogP contribution in [0.15, 0.2) is 47.4 Å². The van der Waals surface area contributed by atoms with Crippen molar-refractivity contribution in [2.45, 2.75) is 31.1 Å². The van der Waals surface area contributed by atoms with E-state index in [-0.39, 0.29) is 17.9 Å². The smallest absolute Gasteiger partial charge is 0.310 e. The van der Waals surface area contributed by atoms with E-state index in [1.807, 2.05) is 12.1 Å². The van der Waals surface area contributed by atoms with E-state index in [1.54, 1.807) is 31.2 Å². The standard InChI is InChI=1S/C19H22N2O4S/c1-2-25-19(22)13-15-6-3-4-8-18(15)26(23,24)21-16-9-10-17-14(12-16)7-5-11-20-17/h3-4,6,8-10,12,20-21H,2,5,7,11,13H2,1H3. The lowest BCUT2D eigenvalue weighted by Gasteiger charge is -2.19. The van der Waals surface area contributed by atoms with E-state index in [0.29, 0.717) is 11.3 Å². The van der Waals surface area contributed by atoms with E-state index >= 15 is 0 Å². The van der Waals surface area contributed by atoms with Crippen molar-refractivity contribution in [2.24, 2.45) is 0 Å². The maximum absolute atomic E-state index is 12.9. The van der Waals surface area contributed by atoms with Crippen LogP contribution in [0.2, 0.25) is 0 Å². The van der Waals surface area contributed by atoms with Crippen molar-refractivity contribution >= 4 is 27.4 Å². The maximum Gasteiger partial charge on any atom is 0.310 e. The fourth-order valence-corrected chi connectivity index (χ4v) is 4.32. The molecule has 0 radical (unpaired) electrons. The van der Waals surface area contributed by atoms with E-state index in [2.05, 4.69) is 10.0 Å². The normalized spacial score (nSPS) is 13.4. The first kappa shape index (κ1) is 18.3. The molecular weight excluding hydrogens is 352 g/mol. The van der Waals surface area contributed by atoms with E-state index < -0.39 is 16.0 Å². The van der Waals surface area contributed by atoms with Crippen molar-refractivity contribution < 1.29 is 17.9 Å². The summed E-state index contributed by atoms with van der Waals surface area (Å²) in [4.78, 5) is 11.9. The number of esters is 1. The number of anilines is 2. The van der Waals surface area contributed by atoms with E-state index in [4.69, 9.17) is 4.74 Å². The van der Waals surface area contributed by atoms with Crippen molar-refractivity contribution in [3.63, 3.8) is 0 Å². The third-order valence-electron chi connectivity index (χ3n) is 4.20. The number of hydrogen-bond acceptors (Lipinski definition) is 5. The fraction of sp³-hybridized carbons (Fsp3) is 0.316. The van der Waals surface area contributed by atoms with Gasteiger partial charge in [-0.2, -0.15) is 0 Å². The van der Waals surface area contributed by atoms with Crippen LogP contribution in [0.5, 0.6) is 0 Å². The highest BCUT2D eigenvalue weighted by Crippen LogP contribution is 2.27. The molecule has 0 aromatic heterocycles. The molecule has 1 aliphatic rings. The third kappa shape index (κ3) is 4.16. The van der Waals surface area contributed by atoms with Gasteiger partial charge in [-0.3, -0.25) is 9.52 Å². The quantitative estimate of drug-likeness (QED) is 0.760. The van der Waals surface area contributed by atoms with Gasteiger partial charge in [0.05, 0.1) is 17.9 Å². The Kier molecular flexibility index (Phi) is 5.46. The molecule has 0 aliphatic carbocycles. The number of nitrogens with one attached hydrogen (secondary N) is 2. The zero-order valence-electron chi connectivity index (χ0n) is 14.6. The van der Waals surface area contributed by atoms with Gasteiger partial charge in [-0.1, -0.05) is 18.2 Å². The van der Waals surface area contributed by atoms with Crippen molar-refractivity contribution in [1.82, 2.24) is 0 Å². The van der Waals surface area contributed by atoms with Crippen LogP contribution in [0.1, 0.15) is 24.5 Å². The summed E-state index contributed by atoms with van der Waals surface area (Å²) in [7, 11) is -3.81. The van der Waals surface area contributed by atoms with Crippen molar-refractivity contribution in [3.8, 4) is 0 Å². The molecule has 3 rings (SSSR count). The SMILES string of the molecule is CCOC(=O)Cc1ccccc1S(=O)(=O)Nc1ccc2c(c1)CCCN2. The van der Waals surface area contributed by atoms with Crippen LogP contribution in [-0.2, 0) is 32.4 Å². The van der Waals surface area contributed by atoms with Crippen LogP contribution < -0.4 is 10.0 Å². The average molecular weight is 374 g/mol. The number of benzene rings is 2. The van der Waals surface area contributed by atoms with Crippen LogP contribution in [-0.4, -0.2) is 27.5 Å². The van der Waals surface area contributed by atoms with Gasteiger partial charge in [-0.05, 0) is 55.2 Å². The number of hydrogen-bond donors (Lipinski definition) is 2. The number of carbonyl (C=O) groups is 1. The molecule has 0 saturated heterocycles. The Labute approximate surface area is 153 Å². The first-order valence-corrected chi connectivity index (χ1v) is 10.1. The molecule has 0 saturated carbocycles. The Morgan fingerprint density at radius 1 is 1.23 bits per heavy atom. The van der Waals surface area contributed by atoms with Gasteiger partial charge in [0.1, 0.15) is 0 Å². The fourth-order valence-electron chi connectivity index (χ4n) is 3.03. The molecule has 0 unspecified atom stereocenters. The molecule has 0 fully saturated rings. The summed E-state index contributed by atoms with van der Waals surface area (Å²) in [6, 6.07) is 11.9. The Morgan fingerprint density at radius 2 is 2.04 bits per heavy atom. The molecule has 2 N–H and O–H groups in total. The molecule has 0 spiro atoms. The Balaban J connectivity index is 1.85. The third-order valence-corrected chi connectivity index (χ3v) is 5.68. The Morgan fingerprint density at radius 3 is 2.85 bits per heavy atom. The molecule has 0 atom stereocenters. The molecular formula is C19H22N2O4S. The number of fused-ring (bicyclic) bond motifs is 1. The molecule has 6 nitrogen and oxygen atoms in total. The van der Waals surface area contributed by atoms with Crippen LogP contribution in [0.25, 0.3) is 0 Å². The molecule has 1 aliphatic heterocycles.